The minimum absolute atomic E-state index is 0.820. The quantitative estimate of drug-likeness (QED) is 0.827. The van der Waals surface area contributed by atoms with E-state index < -0.39 is 0 Å². The number of hydrogen-bond donors (Lipinski definition) is 0. The van der Waals surface area contributed by atoms with Gasteiger partial charge in [0.2, 0.25) is 0 Å². The molecular formula is C21H31N5. The Balaban J connectivity index is 0.000000948. The van der Waals surface area contributed by atoms with Crippen LogP contribution >= 0.6 is 0 Å². The zero-order valence-electron chi connectivity index (χ0n) is 16.6. The van der Waals surface area contributed by atoms with Gasteiger partial charge >= 0.3 is 0 Å². The minimum Gasteiger partial charge on any atom is -0.354 e. The molecule has 0 aromatic carbocycles. The lowest BCUT2D eigenvalue weighted by Gasteiger charge is -2.33. The van der Waals surface area contributed by atoms with Crippen LogP contribution in [0.15, 0.2) is 18.3 Å². The summed E-state index contributed by atoms with van der Waals surface area (Å²) in [5, 5.41) is 0. The van der Waals surface area contributed by atoms with Gasteiger partial charge in [-0.1, -0.05) is 13.8 Å². The molecule has 5 nitrogen and oxygen atoms in total. The van der Waals surface area contributed by atoms with Crippen molar-refractivity contribution in [3.63, 3.8) is 0 Å². The summed E-state index contributed by atoms with van der Waals surface area (Å²) in [5.74, 6) is 1.85. The average molecular weight is 354 g/mol. The number of anilines is 1. The molecule has 1 aliphatic heterocycles. The standard InChI is InChI=1S/C19H25N5.C2H6/c1-14-21-18(12-19(22-14)24-9-7-23(2)8-10-24)17-11-15-5-3-4-6-16(15)13-20-17;1-2/h11-13H,3-10H2,1-2H3;1-2H3. The van der Waals surface area contributed by atoms with Crippen molar-refractivity contribution in [3.05, 3.63) is 35.3 Å². The lowest BCUT2D eigenvalue weighted by molar-refractivity contribution is 0.312. The molecule has 1 fully saturated rings. The van der Waals surface area contributed by atoms with Crippen LogP contribution < -0.4 is 4.90 Å². The highest BCUT2D eigenvalue weighted by Crippen LogP contribution is 2.26. The van der Waals surface area contributed by atoms with E-state index in [4.69, 9.17) is 0 Å². The number of aromatic nitrogens is 3. The van der Waals surface area contributed by atoms with E-state index in [1.54, 1.807) is 0 Å². The summed E-state index contributed by atoms with van der Waals surface area (Å²) in [4.78, 5) is 18.7. The van der Waals surface area contributed by atoms with Crippen LogP contribution in [0.4, 0.5) is 5.82 Å². The van der Waals surface area contributed by atoms with Crippen LogP contribution in [0.5, 0.6) is 0 Å². The molecule has 0 atom stereocenters. The van der Waals surface area contributed by atoms with Gasteiger partial charge < -0.3 is 9.80 Å². The normalized spacial score (nSPS) is 17.3. The Bertz CT molecular complexity index is 735. The summed E-state index contributed by atoms with van der Waals surface area (Å²) in [6.45, 7) is 10.2. The van der Waals surface area contributed by atoms with Gasteiger partial charge in [-0.2, -0.15) is 0 Å². The highest BCUT2D eigenvalue weighted by atomic mass is 15.3. The lowest BCUT2D eigenvalue weighted by Crippen LogP contribution is -2.44. The monoisotopic (exact) mass is 353 g/mol. The summed E-state index contributed by atoms with van der Waals surface area (Å²) in [6, 6.07) is 4.35. The van der Waals surface area contributed by atoms with Crippen molar-refractivity contribution in [2.75, 3.05) is 38.1 Å². The Hall–Kier alpha value is -2.01. The molecule has 0 amide bonds. The SMILES string of the molecule is CC.Cc1nc(-c2cc3c(cn2)CCCC3)cc(N2CCN(C)CC2)n1. The Kier molecular flexibility index (Phi) is 6.20. The predicted octanol–water partition coefficient (Wildman–Crippen LogP) is 3.50. The average Bonchev–Trinajstić information content (AvgIpc) is 2.69. The number of aryl methyl sites for hydroxylation is 3. The van der Waals surface area contributed by atoms with E-state index in [0.29, 0.717) is 0 Å². The van der Waals surface area contributed by atoms with Crippen LogP contribution in [0, 0.1) is 6.92 Å². The maximum atomic E-state index is 4.68. The Labute approximate surface area is 157 Å². The number of piperazine rings is 1. The first-order chi connectivity index (χ1) is 12.7. The molecule has 5 heteroatoms. The van der Waals surface area contributed by atoms with Gasteiger partial charge in [-0.25, -0.2) is 9.97 Å². The molecule has 0 N–H and O–H groups in total. The van der Waals surface area contributed by atoms with E-state index in [2.05, 4.69) is 50.1 Å². The number of fused-ring (bicyclic) bond motifs is 1. The molecule has 0 unspecified atom stereocenters. The number of pyridine rings is 1. The van der Waals surface area contributed by atoms with E-state index in [-0.39, 0.29) is 0 Å². The lowest BCUT2D eigenvalue weighted by atomic mass is 9.92. The highest BCUT2D eigenvalue weighted by molar-refractivity contribution is 5.60. The first-order valence-corrected chi connectivity index (χ1v) is 9.96. The molecule has 0 bridgehead atoms. The molecule has 1 saturated heterocycles. The molecule has 1 aliphatic carbocycles. The van der Waals surface area contributed by atoms with E-state index in [1.807, 2.05) is 20.8 Å². The summed E-state index contributed by atoms with van der Waals surface area (Å²) < 4.78 is 0. The van der Waals surface area contributed by atoms with Gasteiger partial charge in [-0.15, -0.1) is 0 Å². The van der Waals surface area contributed by atoms with E-state index in [1.165, 1.54) is 30.4 Å². The van der Waals surface area contributed by atoms with E-state index in [9.17, 15) is 0 Å². The Morgan fingerprint density at radius 1 is 0.846 bits per heavy atom. The van der Waals surface area contributed by atoms with Crippen molar-refractivity contribution < 1.29 is 0 Å². The summed E-state index contributed by atoms with van der Waals surface area (Å²) in [5.41, 5.74) is 4.79. The van der Waals surface area contributed by atoms with Gasteiger partial charge in [0.1, 0.15) is 11.6 Å². The summed E-state index contributed by atoms with van der Waals surface area (Å²) in [6.07, 6.45) is 6.95. The van der Waals surface area contributed by atoms with Crippen molar-refractivity contribution in [1.82, 2.24) is 19.9 Å². The smallest absolute Gasteiger partial charge is 0.133 e. The number of likely N-dealkylation sites (N-methyl/N-ethyl adjacent to an activating group) is 1. The molecule has 2 aromatic rings. The number of nitrogens with zero attached hydrogens (tertiary/aromatic N) is 5. The molecule has 26 heavy (non-hydrogen) atoms. The molecule has 3 heterocycles. The van der Waals surface area contributed by atoms with Crippen LogP contribution in [0.1, 0.15) is 43.6 Å². The van der Waals surface area contributed by atoms with Gasteiger partial charge in [-0.05, 0) is 56.8 Å². The van der Waals surface area contributed by atoms with Crippen molar-refractivity contribution in [1.29, 1.82) is 0 Å². The van der Waals surface area contributed by atoms with Crippen molar-refractivity contribution in [3.8, 4) is 11.4 Å². The van der Waals surface area contributed by atoms with Gasteiger partial charge in [0.05, 0.1) is 11.4 Å². The fraction of sp³-hybridized carbons (Fsp3) is 0.571. The van der Waals surface area contributed by atoms with Gasteiger partial charge in [0.15, 0.2) is 0 Å². The molecule has 0 radical (unpaired) electrons. The maximum Gasteiger partial charge on any atom is 0.133 e. The molecule has 2 aliphatic rings. The fourth-order valence-electron chi connectivity index (χ4n) is 3.63. The third kappa shape index (κ3) is 4.21. The van der Waals surface area contributed by atoms with Crippen molar-refractivity contribution in [2.45, 2.75) is 46.5 Å². The fourth-order valence-corrected chi connectivity index (χ4v) is 3.63. The van der Waals surface area contributed by atoms with Gasteiger partial charge in [0, 0.05) is 38.4 Å². The molecule has 0 spiro atoms. The molecular weight excluding hydrogens is 322 g/mol. The second-order valence-electron chi connectivity index (χ2n) is 6.99. The second kappa shape index (κ2) is 8.58. The van der Waals surface area contributed by atoms with Crippen LogP contribution in [0.2, 0.25) is 0 Å². The topological polar surface area (TPSA) is 45.2 Å². The second-order valence-corrected chi connectivity index (χ2v) is 6.99. The minimum atomic E-state index is 0.820. The van der Waals surface area contributed by atoms with E-state index >= 15 is 0 Å². The van der Waals surface area contributed by atoms with E-state index in [0.717, 1.165) is 55.6 Å². The molecule has 2 aromatic heterocycles. The predicted molar refractivity (Wildman–Crippen MR) is 108 cm³/mol. The van der Waals surface area contributed by atoms with Crippen LogP contribution in [0.3, 0.4) is 0 Å². The Morgan fingerprint density at radius 3 is 2.27 bits per heavy atom. The summed E-state index contributed by atoms with van der Waals surface area (Å²) in [7, 11) is 2.17. The van der Waals surface area contributed by atoms with Crippen LogP contribution in [-0.4, -0.2) is 53.1 Å². The van der Waals surface area contributed by atoms with Gasteiger partial charge in [-0.3, -0.25) is 4.98 Å². The third-order valence-electron chi connectivity index (χ3n) is 5.14. The number of rotatable bonds is 2. The van der Waals surface area contributed by atoms with Crippen LogP contribution in [0.25, 0.3) is 11.4 Å². The first kappa shape index (κ1) is 18.8. The highest BCUT2D eigenvalue weighted by Gasteiger charge is 2.18. The zero-order valence-corrected chi connectivity index (χ0v) is 16.6. The number of hydrogen-bond acceptors (Lipinski definition) is 5. The first-order valence-electron chi connectivity index (χ1n) is 9.96. The molecule has 140 valence electrons. The van der Waals surface area contributed by atoms with Gasteiger partial charge in [0.25, 0.3) is 0 Å². The molecule has 0 saturated carbocycles. The summed E-state index contributed by atoms with van der Waals surface area (Å²) >= 11 is 0. The van der Waals surface area contributed by atoms with Crippen molar-refractivity contribution >= 4 is 5.82 Å². The maximum absolute atomic E-state index is 4.68. The van der Waals surface area contributed by atoms with Crippen LogP contribution in [-0.2, 0) is 12.8 Å². The third-order valence-corrected chi connectivity index (χ3v) is 5.14. The zero-order chi connectivity index (χ0) is 18.5. The Morgan fingerprint density at radius 2 is 1.54 bits per heavy atom. The largest absolute Gasteiger partial charge is 0.354 e. The van der Waals surface area contributed by atoms with Crippen molar-refractivity contribution in [2.24, 2.45) is 0 Å². The molecule has 4 rings (SSSR count).